The van der Waals surface area contributed by atoms with Gasteiger partial charge in [0, 0.05) is 78.3 Å². The molecule has 1 aliphatic rings. The molecule has 4 nitrogen and oxygen atoms in total. The van der Waals surface area contributed by atoms with Crippen molar-refractivity contribution in [2.24, 2.45) is 0 Å². The number of rotatable bonds is 4. The summed E-state index contributed by atoms with van der Waals surface area (Å²) in [6, 6.07) is 21.4. The van der Waals surface area contributed by atoms with Gasteiger partial charge in [-0.1, -0.05) is 74.6 Å². The van der Waals surface area contributed by atoms with E-state index in [-0.39, 0.29) is 65.4 Å². The molecule has 1 aliphatic carbocycles. The minimum Gasteiger partial charge on any atom is -0.456 e. The Balaban J connectivity index is 0.00000158. The zero-order valence-corrected chi connectivity index (χ0v) is 29.2. The second-order valence-electron chi connectivity index (χ2n) is 8.53. The molecule has 4 rings (SSSR count). The van der Waals surface area contributed by atoms with Crippen LogP contribution in [-0.4, -0.2) is 29.1 Å². The zero-order chi connectivity index (χ0) is 24.8. The number of hydrogen-bond acceptors (Lipinski definition) is 4. The normalized spacial score (nSPS) is 15.6. The van der Waals surface area contributed by atoms with Gasteiger partial charge in [0.1, 0.15) is 12.2 Å². The van der Waals surface area contributed by atoms with Crippen LogP contribution in [0.5, 0.6) is 0 Å². The van der Waals surface area contributed by atoms with E-state index in [2.05, 4.69) is 34.7 Å². The van der Waals surface area contributed by atoms with Crippen LogP contribution in [0.15, 0.2) is 48.5 Å². The fourth-order valence-corrected chi connectivity index (χ4v) is 4.32. The number of hydrogen-bond donors (Lipinski definition) is 0. The standard InChI is InChI=1S/C28H26O4.CH3I.2Y/c1-17-9-18(2)12-23(11-17)27(29)31-25-15-21-7-5-6-8-22(21)16-26(25)32-28(30)24-13-19(3)10-20(4)14-24;1-2;;/h5-8,11-14,25-26H,15-16H2,1-4H3;1H3;;/q-2;;;/t25-,26+;;;. The largest absolute Gasteiger partial charge is 0.456 e. The molecule has 2 radical (unpaired) electrons. The number of benzene rings is 3. The molecule has 7 heteroatoms. The van der Waals surface area contributed by atoms with E-state index in [1.807, 2.05) is 56.9 Å². The molecule has 184 valence electrons. The molecular formula is C29H29IO4Y2-2. The first-order valence-electron chi connectivity index (χ1n) is 11.2. The predicted octanol–water partition coefficient (Wildman–Crippen LogP) is 6.12. The first-order valence-corrected chi connectivity index (χ1v) is 13.3. The molecule has 0 saturated heterocycles. The van der Waals surface area contributed by atoms with Crippen LogP contribution in [0.3, 0.4) is 0 Å². The third-order valence-corrected chi connectivity index (χ3v) is 5.64. The van der Waals surface area contributed by atoms with Gasteiger partial charge in [0.25, 0.3) is 0 Å². The summed E-state index contributed by atoms with van der Waals surface area (Å²) in [5, 5.41) is 0. The maximum absolute atomic E-state index is 12.9. The number of aryl methyl sites for hydroxylation is 4. The van der Waals surface area contributed by atoms with Gasteiger partial charge in [-0.05, 0) is 27.2 Å². The second-order valence-corrected chi connectivity index (χ2v) is 8.53. The SMILES string of the molecule is CI.Cc1[c-]c(C)cc(C(=O)O[C@H]2Cc3ccccc3C[C@H]2OC(=O)c2cc(C)[c-]c(C)c2)c1.[Y].[Y]. The van der Waals surface area contributed by atoms with Crippen LogP contribution in [0.4, 0.5) is 0 Å². The van der Waals surface area contributed by atoms with Crippen molar-refractivity contribution >= 4 is 34.5 Å². The summed E-state index contributed by atoms with van der Waals surface area (Å²) in [7, 11) is 0. The topological polar surface area (TPSA) is 52.6 Å². The van der Waals surface area contributed by atoms with E-state index < -0.39 is 24.1 Å². The molecule has 0 aromatic heterocycles. The number of ether oxygens (including phenoxy) is 2. The molecule has 0 unspecified atom stereocenters. The molecule has 0 heterocycles. The van der Waals surface area contributed by atoms with Gasteiger partial charge in [-0.3, -0.25) is 0 Å². The van der Waals surface area contributed by atoms with Crippen molar-refractivity contribution in [2.75, 3.05) is 4.93 Å². The van der Waals surface area contributed by atoms with Gasteiger partial charge in [0.15, 0.2) is 0 Å². The van der Waals surface area contributed by atoms with Gasteiger partial charge in [0.2, 0.25) is 0 Å². The Morgan fingerprint density at radius 2 is 1.00 bits per heavy atom. The molecule has 36 heavy (non-hydrogen) atoms. The van der Waals surface area contributed by atoms with Crippen molar-refractivity contribution in [1.29, 1.82) is 0 Å². The zero-order valence-electron chi connectivity index (χ0n) is 21.4. The summed E-state index contributed by atoms with van der Waals surface area (Å²) in [6.07, 6.45) is -0.137. The van der Waals surface area contributed by atoms with Gasteiger partial charge in [-0.15, -0.1) is 0 Å². The summed E-state index contributed by atoms with van der Waals surface area (Å²) in [6.45, 7) is 7.58. The fraction of sp³-hybridized carbons (Fsp3) is 0.310. The van der Waals surface area contributed by atoms with Gasteiger partial charge in [-0.2, -0.15) is 58.7 Å². The van der Waals surface area contributed by atoms with Crippen molar-refractivity contribution < 1.29 is 84.5 Å². The number of halogens is 1. The molecular weight excluding hydrogens is 717 g/mol. The number of fused-ring (bicyclic) bond motifs is 1. The molecule has 0 spiro atoms. The minimum absolute atomic E-state index is 0. The molecule has 3 aromatic rings. The van der Waals surface area contributed by atoms with Crippen molar-refractivity contribution in [3.8, 4) is 0 Å². The van der Waals surface area contributed by atoms with Crippen LogP contribution in [-0.2, 0) is 87.7 Å². The Kier molecular flexibility index (Phi) is 14.8. The van der Waals surface area contributed by atoms with E-state index in [9.17, 15) is 9.59 Å². The van der Waals surface area contributed by atoms with Gasteiger partial charge < -0.3 is 9.47 Å². The van der Waals surface area contributed by atoms with Crippen molar-refractivity contribution in [2.45, 2.75) is 52.7 Å². The van der Waals surface area contributed by atoms with E-state index in [0.717, 1.165) is 33.4 Å². The Labute approximate surface area is 278 Å². The Morgan fingerprint density at radius 1 is 0.694 bits per heavy atom. The summed E-state index contributed by atoms with van der Waals surface area (Å²) in [5.41, 5.74) is 6.67. The third-order valence-electron chi connectivity index (χ3n) is 5.64. The van der Waals surface area contributed by atoms with Crippen LogP contribution in [0.2, 0.25) is 0 Å². The molecule has 0 fully saturated rings. The molecule has 0 aliphatic heterocycles. The van der Waals surface area contributed by atoms with Crippen molar-refractivity contribution in [1.82, 2.24) is 0 Å². The monoisotopic (exact) mass is 746 g/mol. The summed E-state index contributed by atoms with van der Waals surface area (Å²) < 4.78 is 11.8. The van der Waals surface area contributed by atoms with Gasteiger partial charge in [0.05, 0.1) is 0 Å². The number of esters is 2. The van der Waals surface area contributed by atoms with Crippen LogP contribution < -0.4 is 0 Å². The van der Waals surface area contributed by atoms with E-state index in [0.29, 0.717) is 24.0 Å². The summed E-state index contributed by atoms with van der Waals surface area (Å²) in [4.78, 5) is 27.8. The fourth-order valence-electron chi connectivity index (χ4n) is 4.32. The molecule has 0 amide bonds. The summed E-state index contributed by atoms with van der Waals surface area (Å²) >= 11 is 2.15. The van der Waals surface area contributed by atoms with Crippen LogP contribution in [0.25, 0.3) is 0 Å². The van der Waals surface area contributed by atoms with E-state index in [4.69, 9.17) is 9.47 Å². The number of carbonyl (C=O) groups excluding carboxylic acids is 2. The molecule has 0 saturated carbocycles. The maximum Gasteiger partial charge on any atom is 0.313 e. The van der Waals surface area contributed by atoms with Gasteiger partial charge >= 0.3 is 11.9 Å². The predicted molar refractivity (Wildman–Crippen MR) is 142 cm³/mol. The van der Waals surface area contributed by atoms with Crippen molar-refractivity contribution in [3.63, 3.8) is 0 Å². The molecule has 3 aromatic carbocycles. The van der Waals surface area contributed by atoms with Crippen LogP contribution >= 0.6 is 22.6 Å². The first-order chi connectivity index (χ1) is 16.3. The number of alkyl halides is 1. The second kappa shape index (κ2) is 15.8. The van der Waals surface area contributed by atoms with Gasteiger partial charge in [-0.25, -0.2) is 9.59 Å². The van der Waals surface area contributed by atoms with E-state index in [1.165, 1.54) is 0 Å². The smallest absolute Gasteiger partial charge is 0.313 e. The number of carbonyl (C=O) groups is 2. The molecule has 0 bridgehead atoms. The average molecular weight is 746 g/mol. The Morgan fingerprint density at radius 3 is 1.31 bits per heavy atom. The first kappa shape index (κ1) is 33.6. The Hall–Kier alpha value is -0.462. The molecule has 0 N–H and O–H groups in total. The van der Waals surface area contributed by atoms with Crippen molar-refractivity contribution in [3.05, 3.63) is 105 Å². The van der Waals surface area contributed by atoms with E-state index >= 15 is 0 Å². The quantitative estimate of drug-likeness (QED) is 0.140. The van der Waals surface area contributed by atoms with E-state index in [1.54, 1.807) is 24.3 Å². The van der Waals surface area contributed by atoms with Crippen LogP contribution in [0.1, 0.15) is 54.1 Å². The molecule has 2 atom stereocenters. The Bertz CT molecular complexity index is 1060. The minimum atomic E-state index is -0.566. The average Bonchev–Trinajstić information content (AvgIpc) is 2.79. The summed E-state index contributed by atoms with van der Waals surface area (Å²) in [5.74, 6) is -0.840. The third kappa shape index (κ3) is 9.08. The maximum atomic E-state index is 12.9. The van der Waals surface area contributed by atoms with Crippen LogP contribution in [0, 0.1) is 39.8 Å².